The van der Waals surface area contributed by atoms with Gasteiger partial charge in [-0.2, -0.15) is 0 Å². The van der Waals surface area contributed by atoms with Crippen molar-refractivity contribution >= 4 is 11.9 Å². The molecule has 0 heterocycles. The molecule has 2 rings (SSSR count). The molecule has 0 aliphatic rings. The minimum atomic E-state index is -1.25. The van der Waals surface area contributed by atoms with Gasteiger partial charge in [0.2, 0.25) is 0 Å². The van der Waals surface area contributed by atoms with Crippen LogP contribution in [0.15, 0.2) is 48.5 Å². The van der Waals surface area contributed by atoms with Gasteiger partial charge in [-0.15, -0.1) is 0 Å². The fourth-order valence-corrected chi connectivity index (χ4v) is 2.55. The Hall–Kier alpha value is -2.66. The molecule has 0 aromatic heterocycles. The van der Waals surface area contributed by atoms with E-state index in [-0.39, 0.29) is 11.1 Å². The van der Waals surface area contributed by atoms with E-state index < -0.39 is 23.5 Å². The van der Waals surface area contributed by atoms with Crippen LogP contribution >= 0.6 is 0 Å². The smallest absolute Gasteiger partial charge is 0.335 e. The fraction of sp³-hybridized carbons (Fsp3) is 0.263. The summed E-state index contributed by atoms with van der Waals surface area (Å²) in [5.41, 5.74) is 0.202. The van der Waals surface area contributed by atoms with E-state index in [2.05, 4.69) is 5.32 Å². The summed E-state index contributed by atoms with van der Waals surface area (Å²) in [6, 6.07) is 13.1. The van der Waals surface area contributed by atoms with Crippen LogP contribution < -0.4 is 5.32 Å². The van der Waals surface area contributed by atoms with Crippen LogP contribution in [0.5, 0.6) is 0 Å². The third kappa shape index (κ3) is 3.46. The van der Waals surface area contributed by atoms with E-state index >= 15 is 0 Å². The molecule has 0 unspecified atom stereocenters. The van der Waals surface area contributed by atoms with Crippen LogP contribution in [0.1, 0.15) is 45.7 Å². The first-order chi connectivity index (χ1) is 11.2. The highest BCUT2D eigenvalue weighted by Gasteiger charge is 2.32. The number of amides is 1. The van der Waals surface area contributed by atoms with Crippen LogP contribution in [-0.2, 0) is 5.60 Å². The van der Waals surface area contributed by atoms with Gasteiger partial charge in [0.15, 0.2) is 0 Å². The predicted octanol–water partition coefficient (Wildman–Crippen LogP) is 2.72. The van der Waals surface area contributed by atoms with Crippen molar-refractivity contribution in [2.75, 3.05) is 0 Å². The number of benzene rings is 2. The lowest BCUT2D eigenvalue weighted by Gasteiger charge is -2.31. The summed E-state index contributed by atoms with van der Waals surface area (Å²) >= 11 is 0. The molecule has 1 amide bonds. The number of rotatable bonds is 5. The SMILES string of the molecule is Cc1c(C(=O)O)cccc1C(=O)N[C@H](C)[C@@](C)(O)c1ccccc1. The molecule has 0 aliphatic carbocycles. The fourth-order valence-electron chi connectivity index (χ4n) is 2.55. The first kappa shape index (κ1) is 17.7. The van der Waals surface area contributed by atoms with Gasteiger partial charge < -0.3 is 15.5 Å². The molecule has 5 nitrogen and oxygen atoms in total. The molecular weight excluding hydrogens is 306 g/mol. The number of hydrogen-bond donors (Lipinski definition) is 3. The Kier molecular flexibility index (Phi) is 5.04. The Labute approximate surface area is 141 Å². The molecule has 0 radical (unpaired) electrons. The van der Waals surface area contributed by atoms with Crippen LogP contribution in [0.2, 0.25) is 0 Å². The lowest BCUT2D eigenvalue weighted by atomic mass is 9.89. The van der Waals surface area contributed by atoms with E-state index in [1.165, 1.54) is 12.1 Å². The van der Waals surface area contributed by atoms with Crippen LogP contribution in [0.4, 0.5) is 0 Å². The van der Waals surface area contributed by atoms with Crippen LogP contribution in [0.25, 0.3) is 0 Å². The molecule has 126 valence electrons. The van der Waals surface area contributed by atoms with Crippen LogP contribution in [-0.4, -0.2) is 28.1 Å². The van der Waals surface area contributed by atoms with E-state index in [9.17, 15) is 14.7 Å². The number of carboxylic acids is 1. The van der Waals surface area contributed by atoms with Gasteiger partial charge in [-0.3, -0.25) is 4.79 Å². The first-order valence-electron chi connectivity index (χ1n) is 7.66. The average Bonchev–Trinajstić information content (AvgIpc) is 2.55. The molecule has 0 saturated heterocycles. The van der Waals surface area contributed by atoms with E-state index in [0.717, 1.165) is 0 Å². The van der Waals surface area contributed by atoms with Gasteiger partial charge in [0.1, 0.15) is 5.60 Å². The summed E-state index contributed by atoms with van der Waals surface area (Å²) in [5.74, 6) is -1.49. The number of aromatic carboxylic acids is 1. The molecule has 2 aromatic rings. The summed E-state index contributed by atoms with van der Waals surface area (Å²) in [7, 11) is 0. The standard InChI is InChI=1S/C19H21NO4/c1-12-15(10-7-11-16(12)18(22)23)17(21)20-13(2)19(3,24)14-8-5-4-6-9-14/h4-11,13,24H,1-3H3,(H,20,21)(H,22,23)/t13-,19-/m1/s1. The number of carbonyl (C=O) groups is 2. The molecular formula is C19H21NO4. The summed E-state index contributed by atoms with van der Waals surface area (Å²) in [6.45, 7) is 4.94. The monoisotopic (exact) mass is 327 g/mol. The van der Waals surface area contributed by atoms with Crippen molar-refractivity contribution in [3.63, 3.8) is 0 Å². The minimum absolute atomic E-state index is 0.0881. The van der Waals surface area contributed by atoms with Crippen molar-refractivity contribution in [1.82, 2.24) is 5.32 Å². The Balaban J connectivity index is 2.24. The van der Waals surface area contributed by atoms with E-state index in [1.54, 1.807) is 39.0 Å². The predicted molar refractivity (Wildman–Crippen MR) is 91.1 cm³/mol. The molecule has 0 spiro atoms. The molecule has 0 aliphatic heterocycles. The second-order valence-corrected chi connectivity index (χ2v) is 5.99. The molecule has 5 heteroatoms. The zero-order chi connectivity index (χ0) is 17.9. The summed E-state index contributed by atoms with van der Waals surface area (Å²) < 4.78 is 0. The highest BCUT2D eigenvalue weighted by molar-refractivity contribution is 6.00. The summed E-state index contributed by atoms with van der Waals surface area (Å²) in [5, 5.41) is 22.7. The van der Waals surface area contributed by atoms with Gasteiger partial charge in [-0.1, -0.05) is 36.4 Å². The van der Waals surface area contributed by atoms with E-state index in [1.807, 2.05) is 18.2 Å². The average molecular weight is 327 g/mol. The quantitative estimate of drug-likeness (QED) is 0.788. The van der Waals surface area contributed by atoms with Crippen molar-refractivity contribution in [1.29, 1.82) is 0 Å². The van der Waals surface area contributed by atoms with Gasteiger partial charge in [-0.25, -0.2) is 4.79 Å². The van der Waals surface area contributed by atoms with Crippen molar-refractivity contribution in [2.45, 2.75) is 32.4 Å². The number of nitrogens with one attached hydrogen (secondary N) is 1. The third-order valence-electron chi connectivity index (χ3n) is 4.36. The van der Waals surface area contributed by atoms with Gasteiger partial charge in [0, 0.05) is 5.56 Å². The maximum Gasteiger partial charge on any atom is 0.335 e. The zero-order valence-electron chi connectivity index (χ0n) is 13.9. The molecule has 24 heavy (non-hydrogen) atoms. The summed E-state index contributed by atoms with van der Waals surface area (Å²) in [4.78, 5) is 23.7. The van der Waals surface area contributed by atoms with Crippen molar-refractivity contribution in [3.8, 4) is 0 Å². The number of hydrogen-bond acceptors (Lipinski definition) is 3. The summed E-state index contributed by atoms with van der Waals surface area (Å²) in [6.07, 6.45) is 0. The molecule has 0 saturated carbocycles. The molecule has 2 aromatic carbocycles. The first-order valence-corrected chi connectivity index (χ1v) is 7.66. The van der Waals surface area contributed by atoms with Crippen molar-refractivity contribution < 1.29 is 19.8 Å². The second-order valence-electron chi connectivity index (χ2n) is 5.99. The lowest BCUT2D eigenvalue weighted by Crippen LogP contribution is -2.47. The zero-order valence-corrected chi connectivity index (χ0v) is 13.9. The Morgan fingerprint density at radius 1 is 1.04 bits per heavy atom. The Morgan fingerprint density at radius 2 is 1.62 bits per heavy atom. The van der Waals surface area contributed by atoms with Crippen LogP contribution in [0.3, 0.4) is 0 Å². The maximum atomic E-state index is 12.5. The Bertz CT molecular complexity index is 753. The molecule has 0 bridgehead atoms. The lowest BCUT2D eigenvalue weighted by molar-refractivity contribution is 0.0208. The largest absolute Gasteiger partial charge is 0.478 e. The molecule has 0 fully saturated rings. The van der Waals surface area contributed by atoms with Crippen molar-refractivity contribution in [2.24, 2.45) is 0 Å². The van der Waals surface area contributed by atoms with Gasteiger partial charge in [-0.05, 0) is 44.0 Å². The number of carboxylic acid groups (broad SMARTS) is 1. The Morgan fingerprint density at radius 3 is 2.21 bits per heavy atom. The second kappa shape index (κ2) is 6.84. The number of carbonyl (C=O) groups excluding carboxylic acids is 1. The van der Waals surface area contributed by atoms with Gasteiger partial charge in [0.05, 0.1) is 11.6 Å². The topological polar surface area (TPSA) is 86.6 Å². The molecule has 2 atom stereocenters. The highest BCUT2D eigenvalue weighted by Crippen LogP contribution is 2.25. The van der Waals surface area contributed by atoms with E-state index in [0.29, 0.717) is 11.1 Å². The maximum absolute atomic E-state index is 12.5. The highest BCUT2D eigenvalue weighted by atomic mass is 16.4. The number of aliphatic hydroxyl groups is 1. The third-order valence-corrected chi connectivity index (χ3v) is 4.36. The van der Waals surface area contributed by atoms with Gasteiger partial charge in [0.25, 0.3) is 5.91 Å². The van der Waals surface area contributed by atoms with Crippen LogP contribution in [0, 0.1) is 6.92 Å². The van der Waals surface area contributed by atoms with E-state index in [4.69, 9.17) is 5.11 Å². The van der Waals surface area contributed by atoms with Gasteiger partial charge >= 0.3 is 5.97 Å². The minimum Gasteiger partial charge on any atom is -0.478 e. The van der Waals surface area contributed by atoms with Crippen molar-refractivity contribution in [3.05, 3.63) is 70.8 Å². The normalized spacial score (nSPS) is 14.5. The molecule has 3 N–H and O–H groups in total.